The van der Waals surface area contributed by atoms with Gasteiger partial charge in [-0.2, -0.15) is 0 Å². The van der Waals surface area contributed by atoms with Crippen LogP contribution >= 0.6 is 0 Å². The fourth-order valence-electron chi connectivity index (χ4n) is 2.71. The molecular formula is C15H22FN3. The van der Waals surface area contributed by atoms with Crippen molar-refractivity contribution in [1.82, 2.24) is 4.90 Å². The zero-order valence-electron chi connectivity index (χ0n) is 11.2. The minimum absolute atomic E-state index is 0.118. The maximum atomic E-state index is 12.1. The fraction of sp³-hybridized carbons (Fsp3) is 0.533. The zero-order chi connectivity index (χ0) is 13.7. The molecule has 1 heterocycles. The van der Waals surface area contributed by atoms with Gasteiger partial charge < -0.3 is 10.6 Å². The number of likely N-dealkylation sites (tertiary alicyclic amines) is 1. The van der Waals surface area contributed by atoms with E-state index in [9.17, 15) is 4.39 Å². The number of benzene rings is 1. The number of hydrogen-bond donors (Lipinski definition) is 2. The number of nitrogens with two attached hydrogens (primary N) is 1. The lowest BCUT2D eigenvalue weighted by Gasteiger charge is -2.32. The van der Waals surface area contributed by atoms with E-state index >= 15 is 0 Å². The molecule has 19 heavy (non-hydrogen) atoms. The quantitative estimate of drug-likeness (QED) is 0.633. The van der Waals surface area contributed by atoms with Crippen molar-refractivity contribution in [3.8, 4) is 0 Å². The molecule has 3 N–H and O–H groups in total. The number of nitrogens with zero attached hydrogens (tertiary/aromatic N) is 1. The Kier molecular flexibility index (Phi) is 4.91. The Morgan fingerprint density at radius 3 is 2.42 bits per heavy atom. The predicted octanol–water partition coefficient (Wildman–Crippen LogP) is 2.51. The van der Waals surface area contributed by atoms with E-state index in [1.165, 1.54) is 5.56 Å². The van der Waals surface area contributed by atoms with Gasteiger partial charge in [0.05, 0.1) is 6.67 Å². The molecule has 104 valence electrons. The summed E-state index contributed by atoms with van der Waals surface area (Å²) in [4.78, 5) is 2.35. The summed E-state index contributed by atoms with van der Waals surface area (Å²) in [6.45, 7) is 2.77. The molecule has 0 unspecified atom stereocenters. The molecule has 2 rings (SSSR count). The summed E-state index contributed by atoms with van der Waals surface area (Å²) in [7, 11) is 0. The molecule has 1 aliphatic heterocycles. The molecule has 0 saturated carbocycles. The summed E-state index contributed by atoms with van der Waals surface area (Å²) < 4.78 is 12.1. The van der Waals surface area contributed by atoms with Gasteiger partial charge in [-0.15, -0.1) is 0 Å². The number of amidine groups is 1. The van der Waals surface area contributed by atoms with E-state index in [0.29, 0.717) is 12.3 Å². The number of nitrogens with one attached hydrogen (secondary N) is 1. The summed E-state index contributed by atoms with van der Waals surface area (Å²) in [5, 5.41) is 7.38. The molecule has 0 aliphatic carbocycles. The maximum absolute atomic E-state index is 12.1. The molecular weight excluding hydrogens is 241 g/mol. The van der Waals surface area contributed by atoms with Crippen molar-refractivity contribution in [3.63, 3.8) is 0 Å². The van der Waals surface area contributed by atoms with Crippen molar-refractivity contribution in [1.29, 1.82) is 5.41 Å². The van der Waals surface area contributed by atoms with Crippen LogP contribution in [-0.2, 0) is 0 Å². The van der Waals surface area contributed by atoms with Crippen molar-refractivity contribution in [2.24, 2.45) is 5.73 Å². The van der Waals surface area contributed by atoms with Gasteiger partial charge in [0, 0.05) is 12.1 Å². The average molecular weight is 263 g/mol. The SMILES string of the molecule is N=C(N)c1ccc(C2CCN(CCCF)CC2)cc1. The van der Waals surface area contributed by atoms with Gasteiger partial charge in [0.2, 0.25) is 0 Å². The number of nitrogen functional groups attached to an aromatic ring is 1. The Bertz CT molecular complexity index is 408. The third-order valence-electron chi connectivity index (χ3n) is 3.89. The number of piperidine rings is 1. The highest BCUT2D eigenvalue weighted by Gasteiger charge is 2.20. The Hall–Kier alpha value is -1.42. The van der Waals surface area contributed by atoms with Crippen LogP contribution in [0.2, 0.25) is 0 Å². The maximum Gasteiger partial charge on any atom is 0.122 e. The molecule has 1 saturated heterocycles. The van der Waals surface area contributed by atoms with Gasteiger partial charge in [-0.05, 0) is 43.8 Å². The smallest absolute Gasteiger partial charge is 0.122 e. The number of hydrogen-bond acceptors (Lipinski definition) is 2. The second-order valence-corrected chi connectivity index (χ2v) is 5.19. The summed E-state index contributed by atoms with van der Waals surface area (Å²) in [5.74, 6) is 0.704. The second kappa shape index (κ2) is 6.66. The topological polar surface area (TPSA) is 53.1 Å². The van der Waals surface area contributed by atoms with Crippen LogP contribution in [0.4, 0.5) is 4.39 Å². The first kappa shape index (κ1) is 14.0. The van der Waals surface area contributed by atoms with Crippen molar-refractivity contribution < 1.29 is 4.39 Å². The molecule has 0 atom stereocenters. The standard InChI is InChI=1S/C15H22FN3/c16-8-1-9-19-10-6-13(7-11-19)12-2-4-14(5-3-12)15(17)18/h2-5,13H,1,6-11H2,(H3,17,18). The van der Waals surface area contributed by atoms with Gasteiger partial charge in [-0.3, -0.25) is 9.80 Å². The highest BCUT2D eigenvalue weighted by atomic mass is 19.1. The van der Waals surface area contributed by atoms with Gasteiger partial charge in [0.25, 0.3) is 0 Å². The summed E-state index contributed by atoms with van der Waals surface area (Å²) in [5.41, 5.74) is 7.56. The van der Waals surface area contributed by atoms with Crippen LogP contribution in [0.1, 0.15) is 36.3 Å². The molecule has 0 bridgehead atoms. The third-order valence-corrected chi connectivity index (χ3v) is 3.89. The van der Waals surface area contributed by atoms with E-state index in [1.807, 2.05) is 12.1 Å². The van der Waals surface area contributed by atoms with Crippen LogP contribution in [0.15, 0.2) is 24.3 Å². The third kappa shape index (κ3) is 3.77. The van der Waals surface area contributed by atoms with E-state index in [4.69, 9.17) is 11.1 Å². The highest BCUT2D eigenvalue weighted by molar-refractivity contribution is 5.94. The average Bonchev–Trinajstić information content (AvgIpc) is 2.46. The predicted molar refractivity (Wildman–Crippen MR) is 76.5 cm³/mol. The lowest BCUT2D eigenvalue weighted by molar-refractivity contribution is 0.204. The molecule has 3 nitrogen and oxygen atoms in total. The van der Waals surface area contributed by atoms with E-state index in [2.05, 4.69) is 17.0 Å². The van der Waals surface area contributed by atoms with Crippen LogP contribution in [-0.4, -0.2) is 37.0 Å². The Balaban J connectivity index is 1.88. The van der Waals surface area contributed by atoms with E-state index in [0.717, 1.165) is 38.0 Å². The molecule has 0 radical (unpaired) electrons. The van der Waals surface area contributed by atoms with Crippen LogP contribution in [0.25, 0.3) is 0 Å². The van der Waals surface area contributed by atoms with Gasteiger partial charge in [0.1, 0.15) is 5.84 Å². The lowest BCUT2D eigenvalue weighted by Crippen LogP contribution is -2.33. The zero-order valence-corrected chi connectivity index (χ0v) is 11.2. The Labute approximate surface area is 114 Å². The number of alkyl halides is 1. The van der Waals surface area contributed by atoms with E-state index < -0.39 is 0 Å². The monoisotopic (exact) mass is 263 g/mol. The second-order valence-electron chi connectivity index (χ2n) is 5.19. The molecule has 1 aliphatic rings. The van der Waals surface area contributed by atoms with Gasteiger partial charge >= 0.3 is 0 Å². The van der Waals surface area contributed by atoms with Crippen molar-refractivity contribution >= 4 is 5.84 Å². The largest absolute Gasteiger partial charge is 0.384 e. The van der Waals surface area contributed by atoms with Crippen molar-refractivity contribution in [2.45, 2.75) is 25.2 Å². The van der Waals surface area contributed by atoms with Gasteiger partial charge in [-0.1, -0.05) is 24.3 Å². The number of rotatable bonds is 5. The Morgan fingerprint density at radius 1 is 1.26 bits per heavy atom. The first-order valence-corrected chi connectivity index (χ1v) is 6.93. The van der Waals surface area contributed by atoms with Crippen LogP contribution in [0.3, 0.4) is 0 Å². The molecule has 0 spiro atoms. The van der Waals surface area contributed by atoms with Crippen LogP contribution in [0.5, 0.6) is 0 Å². The highest BCUT2D eigenvalue weighted by Crippen LogP contribution is 2.28. The van der Waals surface area contributed by atoms with Crippen molar-refractivity contribution in [3.05, 3.63) is 35.4 Å². The minimum Gasteiger partial charge on any atom is -0.384 e. The molecule has 0 amide bonds. The lowest BCUT2D eigenvalue weighted by atomic mass is 9.89. The summed E-state index contributed by atoms with van der Waals surface area (Å²) in [6.07, 6.45) is 2.91. The van der Waals surface area contributed by atoms with Crippen LogP contribution in [0, 0.1) is 5.41 Å². The van der Waals surface area contributed by atoms with Gasteiger partial charge in [-0.25, -0.2) is 0 Å². The molecule has 4 heteroatoms. The summed E-state index contributed by atoms with van der Waals surface area (Å²) in [6, 6.07) is 8.01. The normalized spacial score (nSPS) is 17.5. The molecule has 1 aromatic rings. The first-order chi connectivity index (χ1) is 9.20. The molecule has 1 fully saturated rings. The fourth-order valence-corrected chi connectivity index (χ4v) is 2.71. The van der Waals surface area contributed by atoms with Gasteiger partial charge in [0.15, 0.2) is 0 Å². The Morgan fingerprint density at radius 2 is 1.89 bits per heavy atom. The van der Waals surface area contributed by atoms with E-state index in [-0.39, 0.29) is 12.5 Å². The van der Waals surface area contributed by atoms with Crippen molar-refractivity contribution in [2.75, 3.05) is 26.3 Å². The molecule has 1 aromatic carbocycles. The number of halogens is 1. The minimum atomic E-state index is -0.216. The van der Waals surface area contributed by atoms with E-state index in [1.54, 1.807) is 0 Å². The van der Waals surface area contributed by atoms with Crippen LogP contribution < -0.4 is 5.73 Å². The summed E-state index contributed by atoms with van der Waals surface area (Å²) >= 11 is 0. The first-order valence-electron chi connectivity index (χ1n) is 6.93. The molecule has 0 aromatic heterocycles.